The second-order valence-corrected chi connectivity index (χ2v) is 5.48. The molecule has 3 rings (SSSR count). The van der Waals surface area contributed by atoms with Crippen LogP contribution in [-0.2, 0) is 9.59 Å². The third kappa shape index (κ3) is 3.51. The van der Waals surface area contributed by atoms with Gasteiger partial charge >= 0.3 is 0 Å². The molecule has 2 aliphatic rings. The Kier molecular flexibility index (Phi) is 4.47. The number of carbonyl (C=O) groups is 2. The fraction of sp³-hybridized carbons (Fsp3) is 0.571. The molecule has 2 aliphatic heterocycles. The molecule has 2 saturated heterocycles. The van der Waals surface area contributed by atoms with Crippen molar-refractivity contribution in [2.24, 2.45) is 0 Å². The summed E-state index contributed by atoms with van der Waals surface area (Å²) < 4.78 is 0. The van der Waals surface area contributed by atoms with E-state index in [4.69, 9.17) is 0 Å². The van der Waals surface area contributed by atoms with Crippen LogP contribution in [-0.4, -0.2) is 83.9 Å². The van der Waals surface area contributed by atoms with Crippen molar-refractivity contribution in [3.05, 3.63) is 18.5 Å². The molecule has 1 N–H and O–H groups in total. The number of nitrogens with one attached hydrogen (secondary N) is 1. The predicted octanol–water partition coefficient (Wildman–Crippen LogP) is -1.44. The van der Waals surface area contributed by atoms with Gasteiger partial charge in [0, 0.05) is 51.7 Å². The van der Waals surface area contributed by atoms with Crippen LogP contribution in [0.25, 0.3) is 0 Å². The Hall–Kier alpha value is -2.22. The Balaban J connectivity index is 1.47. The van der Waals surface area contributed by atoms with E-state index in [9.17, 15) is 9.59 Å². The summed E-state index contributed by atoms with van der Waals surface area (Å²) >= 11 is 0. The van der Waals surface area contributed by atoms with Gasteiger partial charge in [-0.25, -0.2) is 9.97 Å². The first-order chi connectivity index (χ1) is 10.7. The van der Waals surface area contributed by atoms with E-state index in [0.29, 0.717) is 19.6 Å². The SMILES string of the molecule is O=C1CN(C(=O)CN2CCN(c3ncccn3)CC2)CCN1. The average molecular weight is 304 g/mol. The van der Waals surface area contributed by atoms with Crippen LogP contribution in [0.5, 0.6) is 0 Å². The van der Waals surface area contributed by atoms with Gasteiger partial charge in [0.15, 0.2) is 0 Å². The van der Waals surface area contributed by atoms with Crippen LogP contribution < -0.4 is 10.2 Å². The third-order valence-electron chi connectivity index (χ3n) is 3.96. The lowest BCUT2D eigenvalue weighted by Crippen LogP contribution is -2.54. The standard InChI is InChI=1S/C14H20N6O2/c21-12-10-20(5-4-15-12)13(22)11-18-6-8-19(9-7-18)14-16-2-1-3-17-14/h1-3H,4-11H2,(H,15,21). The first-order valence-corrected chi connectivity index (χ1v) is 7.51. The van der Waals surface area contributed by atoms with Crippen molar-refractivity contribution >= 4 is 17.8 Å². The molecule has 0 bridgehead atoms. The Morgan fingerprint density at radius 3 is 2.55 bits per heavy atom. The van der Waals surface area contributed by atoms with Gasteiger partial charge in [-0.2, -0.15) is 0 Å². The maximum absolute atomic E-state index is 12.2. The molecule has 8 nitrogen and oxygen atoms in total. The average Bonchev–Trinajstić information content (AvgIpc) is 2.56. The summed E-state index contributed by atoms with van der Waals surface area (Å²) in [4.78, 5) is 37.9. The monoisotopic (exact) mass is 304 g/mol. The van der Waals surface area contributed by atoms with Gasteiger partial charge in [0.05, 0.1) is 13.1 Å². The van der Waals surface area contributed by atoms with E-state index >= 15 is 0 Å². The van der Waals surface area contributed by atoms with Gasteiger partial charge in [0.1, 0.15) is 0 Å². The van der Waals surface area contributed by atoms with Crippen LogP contribution in [0.1, 0.15) is 0 Å². The number of hydrogen-bond donors (Lipinski definition) is 1. The molecule has 0 aromatic carbocycles. The molecule has 1 aromatic rings. The fourth-order valence-electron chi connectivity index (χ4n) is 2.70. The van der Waals surface area contributed by atoms with E-state index in [-0.39, 0.29) is 18.4 Å². The summed E-state index contributed by atoms with van der Waals surface area (Å²) in [7, 11) is 0. The predicted molar refractivity (Wildman–Crippen MR) is 80.3 cm³/mol. The molecule has 2 amide bonds. The topological polar surface area (TPSA) is 81.7 Å². The first kappa shape index (κ1) is 14.7. The number of nitrogens with zero attached hydrogens (tertiary/aromatic N) is 5. The van der Waals surface area contributed by atoms with Gasteiger partial charge in [-0.1, -0.05) is 0 Å². The van der Waals surface area contributed by atoms with Gasteiger partial charge in [0.2, 0.25) is 17.8 Å². The van der Waals surface area contributed by atoms with Gasteiger partial charge < -0.3 is 15.1 Å². The molecular formula is C14H20N6O2. The number of aromatic nitrogens is 2. The van der Waals surface area contributed by atoms with Crippen LogP contribution >= 0.6 is 0 Å². The molecule has 22 heavy (non-hydrogen) atoms. The third-order valence-corrected chi connectivity index (χ3v) is 3.96. The summed E-state index contributed by atoms with van der Waals surface area (Å²) in [6.07, 6.45) is 3.47. The highest BCUT2D eigenvalue weighted by Gasteiger charge is 2.25. The Bertz CT molecular complexity index is 529. The lowest BCUT2D eigenvalue weighted by Gasteiger charge is -2.35. The summed E-state index contributed by atoms with van der Waals surface area (Å²) in [5.74, 6) is 0.686. The first-order valence-electron chi connectivity index (χ1n) is 7.51. The minimum absolute atomic E-state index is 0.0271. The Labute approximate surface area is 129 Å². The van der Waals surface area contributed by atoms with E-state index < -0.39 is 0 Å². The number of hydrogen-bond acceptors (Lipinski definition) is 6. The molecule has 0 spiro atoms. The highest BCUT2D eigenvalue weighted by atomic mass is 16.2. The summed E-state index contributed by atoms with van der Waals surface area (Å²) in [5, 5.41) is 2.73. The molecule has 0 radical (unpaired) electrons. The summed E-state index contributed by atoms with van der Waals surface area (Å²) in [6.45, 7) is 4.89. The van der Waals surface area contributed by atoms with E-state index in [1.165, 1.54) is 0 Å². The molecule has 118 valence electrons. The van der Waals surface area contributed by atoms with E-state index in [0.717, 1.165) is 32.1 Å². The van der Waals surface area contributed by atoms with Crippen LogP contribution in [0.4, 0.5) is 5.95 Å². The largest absolute Gasteiger partial charge is 0.353 e. The Morgan fingerprint density at radius 2 is 1.86 bits per heavy atom. The Morgan fingerprint density at radius 1 is 1.14 bits per heavy atom. The van der Waals surface area contributed by atoms with Crippen molar-refractivity contribution in [1.82, 2.24) is 25.1 Å². The van der Waals surface area contributed by atoms with Crippen LogP contribution in [0.2, 0.25) is 0 Å². The van der Waals surface area contributed by atoms with Crippen molar-refractivity contribution in [3.63, 3.8) is 0 Å². The number of anilines is 1. The second-order valence-electron chi connectivity index (χ2n) is 5.48. The molecule has 0 unspecified atom stereocenters. The lowest BCUT2D eigenvalue weighted by atomic mass is 10.3. The van der Waals surface area contributed by atoms with Crippen molar-refractivity contribution in [3.8, 4) is 0 Å². The van der Waals surface area contributed by atoms with Crippen molar-refractivity contribution < 1.29 is 9.59 Å². The zero-order valence-corrected chi connectivity index (χ0v) is 12.4. The number of amides is 2. The molecular weight excluding hydrogens is 284 g/mol. The quantitative estimate of drug-likeness (QED) is 0.736. The number of piperazine rings is 2. The molecule has 3 heterocycles. The number of rotatable bonds is 3. The van der Waals surface area contributed by atoms with Gasteiger partial charge in [-0.05, 0) is 6.07 Å². The maximum atomic E-state index is 12.2. The molecule has 8 heteroatoms. The molecule has 0 atom stereocenters. The van der Waals surface area contributed by atoms with Crippen molar-refractivity contribution in [2.45, 2.75) is 0 Å². The van der Waals surface area contributed by atoms with Gasteiger partial charge in [-0.15, -0.1) is 0 Å². The zero-order valence-electron chi connectivity index (χ0n) is 12.4. The fourth-order valence-corrected chi connectivity index (χ4v) is 2.70. The van der Waals surface area contributed by atoms with E-state index in [1.807, 2.05) is 0 Å². The van der Waals surface area contributed by atoms with E-state index in [2.05, 4.69) is 25.1 Å². The molecule has 0 aliphatic carbocycles. The van der Waals surface area contributed by atoms with Crippen LogP contribution in [0.3, 0.4) is 0 Å². The molecule has 1 aromatic heterocycles. The van der Waals surface area contributed by atoms with Crippen LogP contribution in [0, 0.1) is 0 Å². The van der Waals surface area contributed by atoms with Crippen molar-refractivity contribution in [2.75, 3.05) is 57.3 Å². The highest BCUT2D eigenvalue weighted by Crippen LogP contribution is 2.09. The highest BCUT2D eigenvalue weighted by molar-refractivity contribution is 5.86. The number of carbonyl (C=O) groups excluding carboxylic acids is 2. The minimum atomic E-state index is -0.0781. The second kappa shape index (κ2) is 6.69. The maximum Gasteiger partial charge on any atom is 0.239 e. The molecule has 2 fully saturated rings. The normalized spacial score (nSPS) is 19.9. The zero-order chi connectivity index (χ0) is 15.4. The lowest BCUT2D eigenvalue weighted by molar-refractivity contribution is -0.139. The smallest absolute Gasteiger partial charge is 0.239 e. The van der Waals surface area contributed by atoms with Crippen LogP contribution in [0.15, 0.2) is 18.5 Å². The van der Waals surface area contributed by atoms with E-state index in [1.54, 1.807) is 23.4 Å². The summed E-state index contributed by atoms with van der Waals surface area (Å²) in [6, 6.07) is 1.80. The van der Waals surface area contributed by atoms with Gasteiger partial charge in [-0.3, -0.25) is 14.5 Å². The molecule has 0 saturated carbocycles. The van der Waals surface area contributed by atoms with Crippen molar-refractivity contribution in [1.29, 1.82) is 0 Å². The summed E-state index contributed by atoms with van der Waals surface area (Å²) in [5.41, 5.74) is 0. The van der Waals surface area contributed by atoms with Gasteiger partial charge in [0.25, 0.3) is 0 Å². The minimum Gasteiger partial charge on any atom is -0.353 e.